The van der Waals surface area contributed by atoms with Crippen LogP contribution in [0.1, 0.15) is 55.3 Å². The van der Waals surface area contributed by atoms with E-state index in [4.69, 9.17) is 33.0 Å². The Morgan fingerprint density at radius 1 is 1.05 bits per heavy atom. The standard InChI is InChI=1S/C27H24B3F3N6O3/c1-4-41-17-11-34-22(19-20(14-5-6-14)35-13-36-24(19)42-27(28,29)30)38-21(17)25(2,40)16-9-7-15(8-10-16)23-37-18(12-39(23)3)26(31,32)33/h7-14,40H,4-6H2,1-3H3. The molecule has 1 atom stereocenters. The number of rotatable bonds is 9. The molecule has 3 aromatic heterocycles. The van der Waals surface area contributed by atoms with Crippen molar-refractivity contribution < 1.29 is 27.8 Å². The fourth-order valence-corrected chi connectivity index (χ4v) is 4.56. The van der Waals surface area contributed by atoms with Gasteiger partial charge in [-0.2, -0.15) is 13.2 Å². The van der Waals surface area contributed by atoms with E-state index in [0.29, 0.717) is 22.4 Å². The Balaban J connectivity index is 1.58. The second kappa shape index (κ2) is 10.8. The lowest BCUT2D eigenvalue weighted by atomic mass is 9.52. The van der Waals surface area contributed by atoms with E-state index in [-0.39, 0.29) is 41.5 Å². The summed E-state index contributed by atoms with van der Waals surface area (Å²) in [5.74, 6) is 0.551. The molecule has 0 amide bonds. The quantitative estimate of drug-likeness (QED) is 0.306. The molecule has 0 aliphatic heterocycles. The molecule has 42 heavy (non-hydrogen) atoms. The number of imidazole rings is 1. The number of aromatic nitrogens is 6. The molecule has 0 saturated heterocycles. The highest BCUT2D eigenvalue weighted by Gasteiger charge is 2.37. The van der Waals surface area contributed by atoms with Gasteiger partial charge >= 0.3 is 6.18 Å². The molecule has 5 rings (SSSR count). The summed E-state index contributed by atoms with van der Waals surface area (Å²) in [5.41, 5.74) is -0.860. The Morgan fingerprint density at radius 3 is 2.31 bits per heavy atom. The van der Waals surface area contributed by atoms with Gasteiger partial charge in [-0.1, -0.05) is 24.3 Å². The van der Waals surface area contributed by atoms with E-state index in [1.165, 1.54) is 31.1 Å². The molecule has 9 nitrogen and oxygen atoms in total. The number of aryl methyl sites for hydroxylation is 1. The highest BCUT2D eigenvalue weighted by Crippen LogP contribution is 2.46. The molecule has 1 N–H and O–H groups in total. The third kappa shape index (κ3) is 6.01. The minimum atomic E-state index is -4.58. The topological polar surface area (TPSA) is 108 Å². The van der Waals surface area contributed by atoms with Crippen LogP contribution in [0, 0.1) is 0 Å². The largest absolute Gasteiger partial charge is 0.500 e. The van der Waals surface area contributed by atoms with E-state index in [9.17, 15) is 18.3 Å². The minimum Gasteiger partial charge on any atom is -0.500 e. The van der Waals surface area contributed by atoms with Crippen molar-refractivity contribution in [1.29, 1.82) is 0 Å². The van der Waals surface area contributed by atoms with Crippen LogP contribution in [0.25, 0.3) is 22.8 Å². The lowest BCUT2D eigenvalue weighted by Crippen LogP contribution is -2.38. The SMILES string of the molecule is [B]C([B])([B])Oc1ncnc(C2CC2)c1-c1ncc(OCC)c(C(C)(O)c2ccc(-c3nc(C(F)(F)F)cn3C)cc2)n1. The Labute approximate surface area is 244 Å². The molecule has 3 heterocycles. The third-order valence-electron chi connectivity index (χ3n) is 6.69. The number of nitrogens with zero attached hydrogens (tertiary/aromatic N) is 6. The summed E-state index contributed by atoms with van der Waals surface area (Å²) in [6, 6.07) is 6.30. The molecular weight excluding hydrogens is 546 g/mol. The summed E-state index contributed by atoms with van der Waals surface area (Å²) in [5, 5.41) is 9.80. The molecule has 1 unspecified atom stereocenters. The predicted octanol–water partition coefficient (Wildman–Crippen LogP) is 3.38. The smallest absolute Gasteiger partial charge is 0.434 e. The average molecular weight is 570 g/mol. The zero-order chi connectivity index (χ0) is 30.4. The zero-order valence-electron chi connectivity index (χ0n) is 23.1. The van der Waals surface area contributed by atoms with Gasteiger partial charge in [0.1, 0.15) is 52.5 Å². The van der Waals surface area contributed by atoms with E-state index in [2.05, 4.69) is 24.9 Å². The van der Waals surface area contributed by atoms with E-state index >= 15 is 0 Å². The van der Waals surface area contributed by atoms with Crippen LogP contribution < -0.4 is 9.47 Å². The van der Waals surface area contributed by atoms with Crippen LogP contribution in [0.3, 0.4) is 0 Å². The average Bonchev–Trinajstić information content (AvgIpc) is 3.68. The Hall–Kier alpha value is -3.87. The second-order valence-electron chi connectivity index (χ2n) is 10.2. The first kappa shape index (κ1) is 29.6. The maximum absolute atomic E-state index is 13.2. The van der Waals surface area contributed by atoms with Gasteiger partial charge in [0.25, 0.3) is 0 Å². The van der Waals surface area contributed by atoms with Gasteiger partial charge in [0, 0.05) is 24.7 Å². The summed E-state index contributed by atoms with van der Waals surface area (Å²) in [4.78, 5) is 21.4. The third-order valence-corrected chi connectivity index (χ3v) is 6.69. The van der Waals surface area contributed by atoms with Crippen molar-refractivity contribution in [2.45, 2.75) is 49.7 Å². The Morgan fingerprint density at radius 2 is 1.74 bits per heavy atom. The van der Waals surface area contributed by atoms with Crippen LogP contribution in [0.5, 0.6) is 11.6 Å². The molecule has 6 radical (unpaired) electrons. The highest BCUT2D eigenvalue weighted by molar-refractivity contribution is 6.58. The molecule has 210 valence electrons. The number of ether oxygens (including phenoxy) is 2. The first-order valence-electron chi connectivity index (χ1n) is 13.0. The van der Waals surface area contributed by atoms with E-state index in [1.54, 1.807) is 31.2 Å². The van der Waals surface area contributed by atoms with Crippen LogP contribution >= 0.6 is 0 Å². The van der Waals surface area contributed by atoms with E-state index in [1.807, 2.05) is 0 Å². The lowest BCUT2D eigenvalue weighted by Gasteiger charge is -2.27. The summed E-state index contributed by atoms with van der Waals surface area (Å²) in [6.45, 7) is 3.55. The summed E-state index contributed by atoms with van der Waals surface area (Å²) in [6.07, 6.45) is 0.846. The van der Waals surface area contributed by atoms with Crippen molar-refractivity contribution in [2.75, 3.05) is 6.61 Å². The highest BCUT2D eigenvalue weighted by atomic mass is 19.4. The molecule has 1 aliphatic carbocycles. The molecule has 0 spiro atoms. The summed E-state index contributed by atoms with van der Waals surface area (Å²) in [7, 11) is 18.6. The fraction of sp³-hybridized carbons (Fsp3) is 0.370. The first-order valence-corrected chi connectivity index (χ1v) is 13.0. The van der Waals surface area contributed by atoms with Crippen molar-refractivity contribution in [3.63, 3.8) is 0 Å². The normalized spacial score (nSPS) is 15.3. The Kier molecular flexibility index (Phi) is 7.59. The van der Waals surface area contributed by atoms with Gasteiger partial charge < -0.3 is 19.1 Å². The molecule has 1 aliphatic rings. The van der Waals surface area contributed by atoms with Crippen LogP contribution in [-0.4, -0.2) is 70.0 Å². The van der Waals surface area contributed by atoms with Gasteiger partial charge in [-0.05, 0) is 37.6 Å². The number of aliphatic hydroxyl groups is 1. The van der Waals surface area contributed by atoms with Crippen LogP contribution in [-0.2, 0) is 18.8 Å². The molecule has 4 aromatic rings. The van der Waals surface area contributed by atoms with Gasteiger partial charge in [0.05, 0.1) is 18.5 Å². The molecule has 1 fully saturated rings. The minimum absolute atomic E-state index is 0.0215. The van der Waals surface area contributed by atoms with Crippen molar-refractivity contribution in [3.8, 4) is 34.4 Å². The monoisotopic (exact) mass is 570 g/mol. The van der Waals surface area contributed by atoms with Gasteiger partial charge in [0.15, 0.2) is 17.3 Å². The lowest BCUT2D eigenvalue weighted by molar-refractivity contribution is -0.140. The van der Waals surface area contributed by atoms with Crippen molar-refractivity contribution >= 4 is 23.5 Å². The first-order chi connectivity index (χ1) is 19.7. The van der Waals surface area contributed by atoms with Gasteiger partial charge in [-0.25, -0.2) is 24.9 Å². The zero-order valence-corrected chi connectivity index (χ0v) is 23.1. The van der Waals surface area contributed by atoms with Crippen molar-refractivity contribution in [1.82, 2.24) is 29.5 Å². The molecule has 1 aromatic carbocycles. The summed E-state index contributed by atoms with van der Waals surface area (Å²) >= 11 is 0. The Bertz CT molecular complexity index is 1600. The van der Waals surface area contributed by atoms with E-state index in [0.717, 1.165) is 19.0 Å². The molecule has 1 saturated carbocycles. The number of halogens is 3. The van der Waals surface area contributed by atoms with Crippen LogP contribution in [0.2, 0.25) is 0 Å². The number of hydrogen-bond donors (Lipinski definition) is 1. The van der Waals surface area contributed by atoms with Gasteiger partial charge in [0.2, 0.25) is 5.88 Å². The van der Waals surface area contributed by atoms with Crippen LogP contribution in [0.15, 0.2) is 43.0 Å². The number of benzene rings is 1. The predicted molar refractivity (Wildman–Crippen MR) is 149 cm³/mol. The maximum atomic E-state index is 13.2. The fourth-order valence-electron chi connectivity index (χ4n) is 4.56. The maximum Gasteiger partial charge on any atom is 0.434 e. The second-order valence-corrected chi connectivity index (χ2v) is 10.2. The van der Waals surface area contributed by atoms with Crippen molar-refractivity contribution in [2.24, 2.45) is 7.05 Å². The van der Waals surface area contributed by atoms with Crippen molar-refractivity contribution in [3.05, 3.63) is 65.6 Å². The van der Waals surface area contributed by atoms with Gasteiger partial charge in [-0.15, -0.1) is 0 Å². The molecule has 0 bridgehead atoms. The number of alkyl halides is 3. The molecule has 15 heteroatoms. The van der Waals surface area contributed by atoms with Crippen LogP contribution in [0.4, 0.5) is 13.2 Å². The van der Waals surface area contributed by atoms with Gasteiger partial charge in [-0.3, -0.25) is 0 Å². The summed E-state index contributed by atoms with van der Waals surface area (Å²) < 4.78 is 52.1. The van der Waals surface area contributed by atoms with E-state index < -0.39 is 22.8 Å². The molecular formula is C27H24B3F3N6O3. The number of hydrogen-bond acceptors (Lipinski definition) is 8.